The van der Waals surface area contributed by atoms with Gasteiger partial charge in [0.15, 0.2) is 0 Å². The topological polar surface area (TPSA) is 144 Å². The lowest BCUT2D eigenvalue weighted by Crippen LogP contribution is -2.56. The number of amides is 3. The van der Waals surface area contributed by atoms with Crippen LogP contribution in [0, 0.1) is 11.3 Å². The second-order valence-corrected chi connectivity index (χ2v) is 8.08. The van der Waals surface area contributed by atoms with Gasteiger partial charge in [-0.1, -0.05) is 0 Å². The molecule has 2 heterocycles. The predicted octanol–water partition coefficient (Wildman–Crippen LogP) is 0.620. The lowest BCUT2D eigenvalue weighted by Gasteiger charge is -2.37. The Labute approximate surface area is 171 Å². The van der Waals surface area contributed by atoms with Crippen LogP contribution in [0.5, 0.6) is 0 Å². The van der Waals surface area contributed by atoms with E-state index >= 15 is 0 Å². The average molecular weight is 427 g/mol. The van der Waals surface area contributed by atoms with Crippen LogP contribution in [0.4, 0.5) is 13.6 Å². The molecule has 12 heteroatoms. The van der Waals surface area contributed by atoms with Gasteiger partial charge in [-0.25, -0.2) is 18.4 Å². The summed E-state index contributed by atoms with van der Waals surface area (Å²) in [7, 11) is 0. The second kappa shape index (κ2) is 7.71. The molecule has 0 unspecified atom stereocenters. The molecule has 1 atom stereocenters. The fourth-order valence-corrected chi connectivity index (χ4v) is 3.44. The Kier molecular flexibility index (Phi) is 5.60. The van der Waals surface area contributed by atoms with Crippen molar-refractivity contribution in [2.45, 2.75) is 62.1 Å². The summed E-state index contributed by atoms with van der Waals surface area (Å²) in [4.78, 5) is 42.8. The minimum Gasteiger partial charge on any atom is -0.477 e. The molecule has 1 aliphatic carbocycles. The van der Waals surface area contributed by atoms with Crippen molar-refractivity contribution >= 4 is 17.9 Å². The number of nitrogens with zero attached hydrogens (tertiary/aromatic N) is 2. The van der Waals surface area contributed by atoms with E-state index in [2.05, 4.69) is 16.1 Å². The van der Waals surface area contributed by atoms with Crippen LogP contribution in [-0.2, 0) is 14.4 Å². The van der Waals surface area contributed by atoms with Crippen molar-refractivity contribution in [1.29, 1.82) is 5.26 Å². The fourth-order valence-electron chi connectivity index (χ4n) is 3.44. The first-order valence-corrected chi connectivity index (χ1v) is 9.53. The standard InChI is InChI=1S/C18H23F2N5O5/c1-16(19,20)8-11(13(26)23-17(10-21)2-3-17)22-15(29)25-6-4-18(5-7-25)9-12(14(27)28)24-30-18/h9,11,24H,2-8H2,1H3,(H,22,29)(H,23,26)(H,27,28)/t11-/m0/s1. The van der Waals surface area contributed by atoms with Crippen LogP contribution in [0.1, 0.15) is 39.0 Å². The molecule has 4 N–H and O–H groups in total. The molecule has 1 spiro atoms. The van der Waals surface area contributed by atoms with Gasteiger partial charge in [0.2, 0.25) is 11.8 Å². The van der Waals surface area contributed by atoms with Gasteiger partial charge in [-0.15, -0.1) is 0 Å². The highest BCUT2D eigenvalue weighted by Gasteiger charge is 2.47. The van der Waals surface area contributed by atoms with Gasteiger partial charge in [-0.3, -0.25) is 15.1 Å². The fraction of sp³-hybridized carbons (Fsp3) is 0.667. The zero-order chi connectivity index (χ0) is 22.2. The van der Waals surface area contributed by atoms with Crippen LogP contribution in [0.15, 0.2) is 11.8 Å². The molecule has 2 fully saturated rings. The second-order valence-electron chi connectivity index (χ2n) is 8.08. The maximum Gasteiger partial charge on any atom is 0.354 e. The summed E-state index contributed by atoms with van der Waals surface area (Å²) < 4.78 is 27.1. The van der Waals surface area contributed by atoms with Crippen LogP contribution in [0.25, 0.3) is 0 Å². The summed E-state index contributed by atoms with van der Waals surface area (Å²) >= 11 is 0. The zero-order valence-corrected chi connectivity index (χ0v) is 16.3. The first-order chi connectivity index (χ1) is 14.0. The number of urea groups is 1. The van der Waals surface area contributed by atoms with Crippen LogP contribution >= 0.6 is 0 Å². The third kappa shape index (κ3) is 4.96. The van der Waals surface area contributed by atoms with Gasteiger partial charge in [0.1, 0.15) is 22.9 Å². The number of hydrogen-bond donors (Lipinski definition) is 4. The maximum absolute atomic E-state index is 13.6. The molecule has 0 radical (unpaired) electrons. The Morgan fingerprint density at radius 3 is 2.47 bits per heavy atom. The Morgan fingerprint density at radius 1 is 1.37 bits per heavy atom. The molecule has 30 heavy (non-hydrogen) atoms. The minimum absolute atomic E-state index is 0.0821. The SMILES string of the molecule is CC(F)(F)C[C@H](NC(=O)N1CCC2(C=C(C(=O)O)NO2)CC1)C(=O)NC1(C#N)CC1. The first kappa shape index (κ1) is 21.8. The van der Waals surface area contributed by atoms with Gasteiger partial charge in [0.05, 0.1) is 6.07 Å². The van der Waals surface area contributed by atoms with Gasteiger partial charge >= 0.3 is 12.0 Å². The smallest absolute Gasteiger partial charge is 0.354 e. The number of aliphatic carboxylic acids is 1. The molecule has 0 aromatic heterocycles. The molecular formula is C18H23F2N5O5. The van der Waals surface area contributed by atoms with E-state index in [0.29, 0.717) is 32.6 Å². The number of piperidine rings is 1. The van der Waals surface area contributed by atoms with Gasteiger partial charge in [-0.2, -0.15) is 5.26 Å². The summed E-state index contributed by atoms with van der Waals surface area (Å²) in [6.07, 6.45) is 2.02. The summed E-state index contributed by atoms with van der Waals surface area (Å²) in [6, 6.07) is -0.241. The van der Waals surface area contributed by atoms with E-state index in [0.717, 1.165) is 0 Å². The van der Waals surface area contributed by atoms with Crippen LogP contribution in [-0.4, -0.2) is 64.1 Å². The number of nitriles is 1. The summed E-state index contributed by atoms with van der Waals surface area (Å²) in [5.41, 5.74) is 0.366. The zero-order valence-electron chi connectivity index (χ0n) is 16.3. The molecule has 3 aliphatic rings. The monoisotopic (exact) mass is 427 g/mol. The van der Waals surface area contributed by atoms with Gasteiger partial charge in [-0.05, 0) is 25.8 Å². The Hall–Kier alpha value is -2.94. The summed E-state index contributed by atoms with van der Waals surface area (Å²) in [5, 5.41) is 22.9. The number of carbonyl (C=O) groups is 3. The molecule has 0 aromatic carbocycles. The molecular weight excluding hydrogens is 404 g/mol. The van der Waals surface area contributed by atoms with E-state index < -0.39 is 47.4 Å². The number of alkyl halides is 2. The van der Waals surface area contributed by atoms with Gasteiger partial charge in [0, 0.05) is 32.4 Å². The number of likely N-dealkylation sites (tertiary alicyclic amines) is 1. The number of rotatable bonds is 6. The van der Waals surface area contributed by atoms with E-state index in [1.807, 2.05) is 6.07 Å². The highest BCUT2D eigenvalue weighted by atomic mass is 19.3. The van der Waals surface area contributed by atoms with Crippen molar-refractivity contribution in [1.82, 2.24) is 21.0 Å². The molecule has 3 rings (SSSR count). The van der Waals surface area contributed by atoms with Gasteiger partial charge < -0.3 is 20.6 Å². The molecule has 2 aliphatic heterocycles. The van der Waals surface area contributed by atoms with Gasteiger partial charge in [0.25, 0.3) is 0 Å². The number of hydrogen-bond acceptors (Lipinski definition) is 6. The highest BCUT2D eigenvalue weighted by Crippen LogP contribution is 2.35. The van der Waals surface area contributed by atoms with Crippen molar-refractivity contribution in [3.05, 3.63) is 11.8 Å². The number of halogens is 2. The number of nitrogens with one attached hydrogen (secondary N) is 3. The van der Waals surface area contributed by atoms with Crippen LogP contribution in [0.2, 0.25) is 0 Å². The van der Waals surface area contributed by atoms with E-state index in [4.69, 9.17) is 15.2 Å². The predicted molar refractivity (Wildman–Crippen MR) is 96.8 cm³/mol. The molecule has 0 bridgehead atoms. The normalized spacial score (nSPS) is 22.3. The lowest BCUT2D eigenvalue weighted by atomic mass is 9.91. The summed E-state index contributed by atoms with van der Waals surface area (Å²) in [6.45, 7) is 1.00. The van der Waals surface area contributed by atoms with E-state index in [-0.39, 0.29) is 18.8 Å². The van der Waals surface area contributed by atoms with E-state index in [1.54, 1.807) is 0 Å². The molecule has 10 nitrogen and oxygen atoms in total. The van der Waals surface area contributed by atoms with Crippen molar-refractivity contribution in [3.63, 3.8) is 0 Å². The van der Waals surface area contributed by atoms with Crippen LogP contribution < -0.4 is 16.1 Å². The van der Waals surface area contributed by atoms with E-state index in [9.17, 15) is 23.2 Å². The van der Waals surface area contributed by atoms with E-state index in [1.165, 1.54) is 11.0 Å². The Balaban J connectivity index is 1.60. The van der Waals surface area contributed by atoms with Crippen molar-refractivity contribution in [3.8, 4) is 6.07 Å². The third-order valence-electron chi connectivity index (χ3n) is 5.40. The first-order valence-electron chi connectivity index (χ1n) is 9.53. The highest BCUT2D eigenvalue weighted by molar-refractivity contribution is 5.88. The van der Waals surface area contributed by atoms with Crippen molar-refractivity contribution < 1.29 is 33.1 Å². The van der Waals surface area contributed by atoms with Crippen LogP contribution in [0.3, 0.4) is 0 Å². The Bertz CT molecular complexity index is 807. The van der Waals surface area contributed by atoms with Crippen molar-refractivity contribution in [2.24, 2.45) is 0 Å². The number of carboxylic acid groups (broad SMARTS) is 1. The number of carboxylic acids is 1. The quantitative estimate of drug-likeness (QED) is 0.486. The molecule has 3 amide bonds. The van der Waals surface area contributed by atoms with Crippen molar-refractivity contribution in [2.75, 3.05) is 13.1 Å². The number of hydroxylamine groups is 1. The molecule has 1 saturated heterocycles. The molecule has 1 saturated carbocycles. The minimum atomic E-state index is -3.20. The average Bonchev–Trinajstić information content (AvgIpc) is 3.32. The summed E-state index contributed by atoms with van der Waals surface area (Å²) in [5.74, 6) is -5.19. The molecule has 164 valence electrons. The lowest BCUT2D eigenvalue weighted by molar-refractivity contribution is -0.135. The largest absolute Gasteiger partial charge is 0.477 e. The Morgan fingerprint density at radius 2 is 2.00 bits per heavy atom. The number of carbonyl (C=O) groups excluding carboxylic acids is 2. The molecule has 0 aromatic rings. The maximum atomic E-state index is 13.6. The third-order valence-corrected chi connectivity index (χ3v) is 5.40.